The van der Waals surface area contributed by atoms with Crippen molar-refractivity contribution in [2.45, 2.75) is 26.3 Å². The Balaban J connectivity index is 1.76. The van der Waals surface area contributed by atoms with Crippen molar-refractivity contribution in [1.82, 2.24) is 15.1 Å². The molecule has 1 aliphatic rings. The van der Waals surface area contributed by atoms with Gasteiger partial charge in [-0.1, -0.05) is 19.4 Å². The Morgan fingerprint density at radius 1 is 1.08 bits per heavy atom. The van der Waals surface area contributed by atoms with Crippen molar-refractivity contribution in [3.63, 3.8) is 0 Å². The minimum atomic E-state index is 0.141. The van der Waals surface area contributed by atoms with Gasteiger partial charge < -0.3 is 14.8 Å². The van der Waals surface area contributed by atoms with Crippen LogP contribution in [0.1, 0.15) is 25.3 Å². The lowest BCUT2D eigenvalue weighted by Crippen LogP contribution is -2.49. The van der Waals surface area contributed by atoms with Gasteiger partial charge in [0.25, 0.3) is 0 Å². The first-order chi connectivity index (χ1) is 12.2. The van der Waals surface area contributed by atoms with E-state index < -0.39 is 0 Å². The van der Waals surface area contributed by atoms with Gasteiger partial charge in [0.2, 0.25) is 5.91 Å². The Morgan fingerprint density at radius 3 is 2.40 bits per heavy atom. The second kappa shape index (κ2) is 10.3. The largest absolute Gasteiger partial charge is 0.493 e. The monoisotopic (exact) mass is 349 g/mol. The number of hydrogen-bond acceptors (Lipinski definition) is 5. The van der Waals surface area contributed by atoms with Crippen LogP contribution in [0.3, 0.4) is 0 Å². The molecule has 0 saturated carbocycles. The summed E-state index contributed by atoms with van der Waals surface area (Å²) in [5, 5.41) is 2.99. The molecule has 1 fully saturated rings. The Kier molecular flexibility index (Phi) is 8.01. The summed E-state index contributed by atoms with van der Waals surface area (Å²) in [6, 6.07) is 6.06. The molecule has 1 aromatic rings. The number of rotatable bonds is 9. The van der Waals surface area contributed by atoms with E-state index in [2.05, 4.69) is 28.1 Å². The summed E-state index contributed by atoms with van der Waals surface area (Å²) < 4.78 is 10.7. The van der Waals surface area contributed by atoms with E-state index in [4.69, 9.17) is 9.47 Å². The van der Waals surface area contributed by atoms with Gasteiger partial charge in [-0.3, -0.25) is 14.6 Å². The quantitative estimate of drug-likeness (QED) is 0.688. The molecule has 1 heterocycles. The molecular weight excluding hydrogens is 318 g/mol. The van der Waals surface area contributed by atoms with Crippen molar-refractivity contribution in [1.29, 1.82) is 0 Å². The Morgan fingerprint density at radius 2 is 1.76 bits per heavy atom. The summed E-state index contributed by atoms with van der Waals surface area (Å²) >= 11 is 0. The summed E-state index contributed by atoms with van der Waals surface area (Å²) in [6.45, 7) is 8.10. The molecule has 1 aliphatic heterocycles. The topological polar surface area (TPSA) is 54.0 Å². The van der Waals surface area contributed by atoms with E-state index in [1.807, 2.05) is 12.1 Å². The molecule has 0 atom stereocenters. The number of carbonyl (C=O) groups excluding carboxylic acids is 1. The fraction of sp³-hybridized carbons (Fsp3) is 0.632. The highest BCUT2D eigenvalue weighted by molar-refractivity contribution is 5.77. The van der Waals surface area contributed by atoms with Gasteiger partial charge in [0, 0.05) is 39.3 Å². The molecule has 1 aromatic carbocycles. The fourth-order valence-corrected chi connectivity index (χ4v) is 3.01. The lowest BCUT2D eigenvalue weighted by atomic mass is 10.1. The number of piperazine rings is 1. The average molecular weight is 349 g/mol. The van der Waals surface area contributed by atoms with Gasteiger partial charge in [-0.05, 0) is 24.1 Å². The van der Waals surface area contributed by atoms with Crippen LogP contribution in [0.15, 0.2) is 18.2 Å². The van der Waals surface area contributed by atoms with Gasteiger partial charge in [0.15, 0.2) is 11.5 Å². The van der Waals surface area contributed by atoms with Crippen molar-refractivity contribution in [2.24, 2.45) is 0 Å². The van der Waals surface area contributed by atoms with Crippen LogP contribution in [-0.4, -0.2) is 69.2 Å². The summed E-state index contributed by atoms with van der Waals surface area (Å²) in [5.41, 5.74) is 1.21. The third-order valence-electron chi connectivity index (χ3n) is 4.54. The lowest BCUT2D eigenvalue weighted by molar-refractivity contribution is -0.122. The number of amides is 1. The number of ether oxygens (including phenoxy) is 2. The maximum absolute atomic E-state index is 11.9. The molecule has 6 heteroatoms. The number of methoxy groups -OCH3 is 2. The third-order valence-corrected chi connectivity index (χ3v) is 4.54. The zero-order valence-corrected chi connectivity index (χ0v) is 15.7. The minimum absolute atomic E-state index is 0.141. The average Bonchev–Trinajstić information content (AvgIpc) is 2.63. The molecule has 0 aromatic heterocycles. The standard InChI is InChI=1S/C19H31N3O3/c1-4-5-8-20-19(23)15-22-11-9-21(10-12-22)14-16-6-7-17(24-2)18(13-16)25-3/h6-7,13H,4-5,8-12,14-15H2,1-3H3,(H,20,23). The Labute approximate surface area is 151 Å². The van der Waals surface area contributed by atoms with E-state index in [1.54, 1.807) is 14.2 Å². The molecule has 140 valence electrons. The van der Waals surface area contributed by atoms with Gasteiger partial charge in [0.1, 0.15) is 0 Å². The van der Waals surface area contributed by atoms with Crippen molar-refractivity contribution in [3.05, 3.63) is 23.8 Å². The highest BCUT2D eigenvalue weighted by atomic mass is 16.5. The molecule has 0 unspecified atom stereocenters. The van der Waals surface area contributed by atoms with E-state index in [0.717, 1.165) is 63.6 Å². The van der Waals surface area contributed by atoms with Gasteiger partial charge in [-0.25, -0.2) is 0 Å². The molecule has 25 heavy (non-hydrogen) atoms. The van der Waals surface area contributed by atoms with Crippen LogP contribution in [0.4, 0.5) is 0 Å². The van der Waals surface area contributed by atoms with Gasteiger partial charge in [0.05, 0.1) is 20.8 Å². The van der Waals surface area contributed by atoms with E-state index >= 15 is 0 Å². The summed E-state index contributed by atoms with van der Waals surface area (Å²) in [5.74, 6) is 1.66. The third kappa shape index (κ3) is 6.21. The normalized spacial score (nSPS) is 15.8. The molecule has 0 spiro atoms. The maximum atomic E-state index is 11.9. The first-order valence-corrected chi connectivity index (χ1v) is 9.08. The molecule has 6 nitrogen and oxygen atoms in total. The van der Waals surface area contributed by atoms with Crippen LogP contribution < -0.4 is 14.8 Å². The van der Waals surface area contributed by atoms with Gasteiger partial charge >= 0.3 is 0 Å². The van der Waals surface area contributed by atoms with Crippen LogP contribution >= 0.6 is 0 Å². The van der Waals surface area contributed by atoms with Crippen LogP contribution in [0, 0.1) is 0 Å². The second-order valence-electron chi connectivity index (χ2n) is 6.45. The number of hydrogen-bond donors (Lipinski definition) is 1. The maximum Gasteiger partial charge on any atom is 0.234 e. The van der Waals surface area contributed by atoms with E-state index in [1.165, 1.54) is 5.56 Å². The van der Waals surface area contributed by atoms with Gasteiger partial charge in [-0.15, -0.1) is 0 Å². The summed E-state index contributed by atoms with van der Waals surface area (Å²) in [4.78, 5) is 16.5. The zero-order chi connectivity index (χ0) is 18.1. The Bertz CT molecular complexity index is 543. The van der Waals surface area contributed by atoms with Crippen molar-refractivity contribution < 1.29 is 14.3 Å². The first-order valence-electron chi connectivity index (χ1n) is 9.08. The van der Waals surface area contributed by atoms with Crippen molar-refractivity contribution in [3.8, 4) is 11.5 Å². The molecule has 0 radical (unpaired) electrons. The van der Waals surface area contributed by atoms with E-state index in [-0.39, 0.29) is 5.91 Å². The highest BCUT2D eigenvalue weighted by Crippen LogP contribution is 2.28. The molecule has 1 amide bonds. The van der Waals surface area contributed by atoms with E-state index in [9.17, 15) is 4.79 Å². The SMILES string of the molecule is CCCCNC(=O)CN1CCN(Cc2ccc(OC)c(OC)c2)CC1. The lowest BCUT2D eigenvalue weighted by Gasteiger charge is -2.34. The summed E-state index contributed by atoms with van der Waals surface area (Å²) in [6.07, 6.45) is 2.15. The van der Waals surface area contributed by atoms with Gasteiger partial charge in [-0.2, -0.15) is 0 Å². The predicted octanol–water partition coefficient (Wildman–Crippen LogP) is 1.74. The summed E-state index contributed by atoms with van der Waals surface area (Å²) in [7, 11) is 3.31. The van der Waals surface area contributed by atoms with Crippen LogP contribution in [0.5, 0.6) is 11.5 Å². The van der Waals surface area contributed by atoms with E-state index in [0.29, 0.717) is 6.54 Å². The predicted molar refractivity (Wildman–Crippen MR) is 99.2 cm³/mol. The fourth-order valence-electron chi connectivity index (χ4n) is 3.01. The number of nitrogens with zero attached hydrogens (tertiary/aromatic N) is 2. The molecule has 2 rings (SSSR count). The van der Waals surface area contributed by atoms with Crippen LogP contribution in [0.25, 0.3) is 0 Å². The number of benzene rings is 1. The molecule has 0 aliphatic carbocycles. The minimum Gasteiger partial charge on any atom is -0.493 e. The van der Waals surface area contributed by atoms with Crippen LogP contribution in [0.2, 0.25) is 0 Å². The van der Waals surface area contributed by atoms with Crippen LogP contribution in [-0.2, 0) is 11.3 Å². The zero-order valence-electron chi connectivity index (χ0n) is 15.7. The molecule has 1 N–H and O–H groups in total. The number of unbranched alkanes of at least 4 members (excludes halogenated alkanes) is 1. The molecule has 0 bridgehead atoms. The number of carbonyl (C=O) groups is 1. The van der Waals surface area contributed by atoms with Crippen molar-refractivity contribution in [2.75, 3.05) is 53.5 Å². The Hall–Kier alpha value is -1.79. The number of nitrogens with one attached hydrogen (secondary N) is 1. The molecular formula is C19H31N3O3. The smallest absolute Gasteiger partial charge is 0.234 e. The van der Waals surface area contributed by atoms with Crippen molar-refractivity contribution >= 4 is 5.91 Å². The molecule has 1 saturated heterocycles. The first kappa shape index (κ1) is 19.5. The second-order valence-corrected chi connectivity index (χ2v) is 6.45. The highest BCUT2D eigenvalue weighted by Gasteiger charge is 2.19.